The van der Waals surface area contributed by atoms with Crippen molar-refractivity contribution < 1.29 is 14.3 Å². The SMILES string of the molecule is C[C@H]1CN(c2ccnc3c2CCN3C(=O)Nc2ccnc3c2ncn3C)CCN1C(=O)OC(C)(C)C. The molecule has 3 aromatic heterocycles. The summed E-state index contributed by atoms with van der Waals surface area (Å²) < 4.78 is 7.39. The first-order valence-electron chi connectivity index (χ1n) is 12.2. The molecule has 0 radical (unpaired) electrons. The second-order valence-electron chi connectivity index (χ2n) is 10.3. The average Bonchev–Trinajstić information content (AvgIpc) is 3.42. The van der Waals surface area contributed by atoms with Crippen LogP contribution in [0.1, 0.15) is 33.3 Å². The van der Waals surface area contributed by atoms with Gasteiger partial charge in [-0.05, 0) is 46.2 Å². The number of piperazine rings is 1. The predicted octanol–water partition coefficient (Wildman–Crippen LogP) is 3.40. The molecule has 3 amide bonds. The number of nitrogens with zero attached hydrogens (tertiary/aromatic N) is 7. The molecule has 0 unspecified atom stereocenters. The van der Waals surface area contributed by atoms with Crippen LogP contribution in [0.2, 0.25) is 0 Å². The number of fused-ring (bicyclic) bond motifs is 2. The third kappa shape index (κ3) is 4.40. The van der Waals surface area contributed by atoms with Gasteiger partial charge in [-0.15, -0.1) is 0 Å². The third-order valence-electron chi connectivity index (χ3n) is 6.53. The topological polar surface area (TPSA) is 109 Å². The molecule has 11 nitrogen and oxygen atoms in total. The van der Waals surface area contributed by atoms with E-state index in [2.05, 4.69) is 25.2 Å². The predicted molar refractivity (Wildman–Crippen MR) is 137 cm³/mol. The highest BCUT2D eigenvalue weighted by molar-refractivity contribution is 6.06. The first kappa shape index (κ1) is 23.8. The van der Waals surface area contributed by atoms with Crippen molar-refractivity contribution in [3.05, 3.63) is 36.4 Å². The van der Waals surface area contributed by atoms with Gasteiger partial charge in [0.25, 0.3) is 0 Å². The molecule has 11 heteroatoms. The molecule has 1 N–H and O–H groups in total. The van der Waals surface area contributed by atoms with Gasteiger partial charge in [0.15, 0.2) is 5.65 Å². The molecule has 0 bridgehead atoms. The van der Waals surface area contributed by atoms with Gasteiger partial charge in [-0.1, -0.05) is 0 Å². The van der Waals surface area contributed by atoms with Crippen molar-refractivity contribution in [3.8, 4) is 0 Å². The van der Waals surface area contributed by atoms with E-state index in [1.54, 1.807) is 34.6 Å². The number of carbonyl (C=O) groups is 2. The molecule has 2 aliphatic rings. The smallest absolute Gasteiger partial charge is 0.410 e. The van der Waals surface area contributed by atoms with Crippen LogP contribution in [0.15, 0.2) is 30.9 Å². The van der Waals surface area contributed by atoms with Gasteiger partial charge in [0.2, 0.25) is 0 Å². The van der Waals surface area contributed by atoms with Crippen molar-refractivity contribution in [1.29, 1.82) is 0 Å². The van der Waals surface area contributed by atoms with Gasteiger partial charge >= 0.3 is 12.1 Å². The van der Waals surface area contributed by atoms with E-state index >= 15 is 0 Å². The molecule has 190 valence electrons. The van der Waals surface area contributed by atoms with Crippen LogP contribution in [-0.4, -0.2) is 74.4 Å². The Kier molecular flexibility index (Phi) is 5.93. The molecule has 0 spiro atoms. The highest BCUT2D eigenvalue weighted by Crippen LogP contribution is 2.35. The van der Waals surface area contributed by atoms with Gasteiger partial charge in [-0.25, -0.2) is 24.5 Å². The Hall–Kier alpha value is -3.89. The number of imidazole rings is 1. The van der Waals surface area contributed by atoms with Crippen molar-refractivity contribution >= 4 is 40.5 Å². The summed E-state index contributed by atoms with van der Waals surface area (Å²) in [6.07, 6.45) is 5.51. The number of urea groups is 1. The minimum Gasteiger partial charge on any atom is -0.444 e. The third-order valence-corrected chi connectivity index (χ3v) is 6.53. The van der Waals surface area contributed by atoms with Crippen LogP contribution in [-0.2, 0) is 18.2 Å². The molecule has 3 aromatic rings. The second-order valence-corrected chi connectivity index (χ2v) is 10.3. The summed E-state index contributed by atoms with van der Waals surface area (Å²) in [6, 6.07) is 3.49. The number of pyridine rings is 2. The van der Waals surface area contributed by atoms with Crippen LogP contribution in [0, 0.1) is 0 Å². The Morgan fingerprint density at radius 3 is 2.61 bits per heavy atom. The van der Waals surface area contributed by atoms with E-state index in [0.717, 1.165) is 11.3 Å². The number of nitrogens with one attached hydrogen (secondary N) is 1. The van der Waals surface area contributed by atoms with Gasteiger partial charge in [0, 0.05) is 62.9 Å². The number of ether oxygens (including phenoxy) is 1. The number of anilines is 3. The standard InChI is InChI=1S/C25H32N8O3/c1-16-14-31(12-13-32(16)24(35)36-25(2,3)4)19-7-10-26-21-17(19)8-11-33(21)23(34)29-18-6-9-27-22-20(18)28-15-30(22)5/h6-7,9-10,15-16H,8,11-14H2,1-5H3,(H,27,29,34)/t16-/m0/s1. The molecule has 5 rings (SSSR count). The number of hydrogen-bond acceptors (Lipinski definition) is 7. The first-order valence-corrected chi connectivity index (χ1v) is 12.2. The Labute approximate surface area is 210 Å². The summed E-state index contributed by atoms with van der Waals surface area (Å²) in [6.45, 7) is 10.1. The molecule has 1 atom stereocenters. The van der Waals surface area contributed by atoms with Gasteiger partial charge in [-0.3, -0.25) is 4.90 Å². The Bertz CT molecular complexity index is 1310. The zero-order valence-corrected chi connectivity index (χ0v) is 21.4. The van der Waals surface area contributed by atoms with Crippen LogP contribution >= 0.6 is 0 Å². The van der Waals surface area contributed by atoms with Crippen molar-refractivity contribution in [2.24, 2.45) is 7.05 Å². The van der Waals surface area contributed by atoms with E-state index in [-0.39, 0.29) is 18.2 Å². The largest absolute Gasteiger partial charge is 0.444 e. The maximum absolute atomic E-state index is 13.2. The lowest BCUT2D eigenvalue weighted by Crippen LogP contribution is -2.55. The summed E-state index contributed by atoms with van der Waals surface area (Å²) in [5, 5.41) is 2.98. The van der Waals surface area contributed by atoms with E-state index < -0.39 is 5.60 Å². The van der Waals surface area contributed by atoms with E-state index in [1.165, 1.54) is 0 Å². The van der Waals surface area contributed by atoms with Crippen LogP contribution in [0.4, 0.5) is 26.8 Å². The Morgan fingerprint density at radius 2 is 1.86 bits per heavy atom. The highest BCUT2D eigenvalue weighted by Gasteiger charge is 2.34. The van der Waals surface area contributed by atoms with Crippen LogP contribution in [0.3, 0.4) is 0 Å². The summed E-state index contributed by atoms with van der Waals surface area (Å²) in [5.74, 6) is 0.665. The fourth-order valence-corrected chi connectivity index (χ4v) is 4.85. The minimum atomic E-state index is -0.525. The number of carbonyl (C=O) groups excluding carboxylic acids is 2. The second kappa shape index (κ2) is 8.96. The number of aromatic nitrogens is 4. The van der Waals surface area contributed by atoms with E-state index in [9.17, 15) is 9.59 Å². The van der Waals surface area contributed by atoms with Crippen LogP contribution in [0.25, 0.3) is 11.2 Å². The van der Waals surface area contributed by atoms with Crippen molar-refractivity contribution in [2.45, 2.75) is 45.8 Å². The molecule has 36 heavy (non-hydrogen) atoms. The average molecular weight is 493 g/mol. The van der Waals surface area contributed by atoms with Crippen LogP contribution in [0.5, 0.6) is 0 Å². The van der Waals surface area contributed by atoms with E-state index in [0.29, 0.717) is 55.3 Å². The lowest BCUT2D eigenvalue weighted by Gasteiger charge is -2.41. The van der Waals surface area contributed by atoms with Crippen molar-refractivity contribution in [3.63, 3.8) is 0 Å². The van der Waals surface area contributed by atoms with Gasteiger partial charge < -0.3 is 24.4 Å². The fourth-order valence-electron chi connectivity index (χ4n) is 4.85. The minimum absolute atomic E-state index is 0.00862. The monoisotopic (exact) mass is 492 g/mol. The first-order chi connectivity index (χ1) is 17.1. The highest BCUT2D eigenvalue weighted by atomic mass is 16.6. The van der Waals surface area contributed by atoms with Crippen LogP contribution < -0.4 is 15.1 Å². The normalized spacial score (nSPS) is 17.9. The maximum atomic E-state index is 13.2. The maximum Gasteiger partial charge on any atom is 0.410 e. The zero-order valence-electron chi connectivity index (χ0n) is 21.4. The van der Waals surface area contributed by atoms with Gasteiger partial charge in [-0.2, -0.15) is 0 Å². The Balaban J connectivity index is 1.32. The number of rotatable bonds is 2. The molecular weight excluding hydrogens is 460 g/mol. The molecule has 0 aromatic carbocycles. The number of amides is 3. The summed E-state index contributed by atoms with van der Waals surface area (Å²) >= 11 is 0. The molecule has 0 aliphatic carbocycles. The lowest BCUT2D eigenvalue weighted by molar-refractivity contribution is 0.0159. The Morgan fingerprint density at radius 1 is 1.08 bits per heavy atom. The van der Waals surface area contributed by atoms with E-state index in [4.69, 9.17) is 4.74 Å². The van der Waals surface area contributed by atoms with Gasteiger partial charge in [0.05, 0.1) is 12.0 Å². The van der Waals surface area contributed by atoms with Crippen molar-refractivity contribution in [1.82, 2.24) is 24.4 Å². The molecule has 1 saturated heterocycles. The zero-order chi connectivity index (χ0) is 25.6. The van der Waals surface area contributed by atoms with Crippen molar-refractivity contribution in [2.75, 3.05) is 41.3 Å². The van der Waals surface area contributed by atoms with Gasteiger partial charge in [0.1, 0.15) is 16.9 Å². The molecular formula is C25H32N8O3. The summed E-state index contributed by atoms with van der Waals surface area (Å²) in [7, 11) is 1.87. The quantitative estimate of drug-likeness (QED) is 0.584. The molecule has 0 saturated carbocycles. The molecule has 2 aliphatic heterocycles. The molecule has 1 fully saturated rings. The fraction of sp³-hybridized carbons (Fsp3) is 0.480. The summed E-state index contributed by atoms with van der Waals surface area (Å²) in [5.41, 5.74) is 3.54. The molecule has 5 heterocycles. The lowest BCUT2D eigenvalue weighted by atomic mass is 10.1. The number of hydrogen-bond donors (Lipinski definition) is 1. The van der Waals surface area contributed by atoms with E-state index in [1.807, 2.05) is 45.4 Å². The summed E-state index contributed by atoms with van der Waals surface area (Å²) in [4.78, 5) is 44.9. The number of aryl methyl sites for hydroxylation is 1.